The third-order valence-corrected chi connectivity index (χ3v) is 4.50. The Balaban J connectivity index is 2.45. The lowest BCUT2D eigenvalue weighted by atomic mass is 10.1. The zero-order valence-corrected chi connectivity index (χ0v) is 12.1. The maximum atomic E-state index is 13.1. The summed E-state index contributed by atoms with van der Waals surface area (Å²) in [6.07, 6.45) is -4.40. The van der Waals surface area contributed by atoms with Crippen molar-refractivity contribution >= 4 is 17.4 Å². The third-order valence-electron chi connectivity index (χ3n) is 3.20. The van der Waals surface area contributed by atoms with Crippen LogP contribution in [0.25, 0.3) is 0 Å². The van der Waals surface area contributed by atoms with Crippen LogP contribution in [0.3, 0.4) is 0 Å². The highest BCUT2D eigenvalue weighted by molar-refractivity contribution is 8.00. The van der Waals surface area contributed by atoms with E-state index in [-0.39, 0.29) is 16.0 Å². The number of nitrogens with zero attached hydrogens (tertiary/aromatic N) is 2. The molecule has 0 spiro atoms. The average Bonchev–Trinajstić information content (AvgIpc) is 2.35. The Kier molecular flexibility index (Phi) is 3.92. The standard InChI is InChI=1S/C14H15F3N2S/c1-13(2)9-19(5-6-20-13)12-7-10(8-18)3-4-11(12)14(15,16)17/h3-4,7H,5-6,9H2,1-2H3. The Bertz CT molecular complexity index is 546. The molecule has 0 saturated carbocycles. The number of hydrogen-bond donors (Lipinski definition) is 0. The Morgan fingerprint density at radius 2 is 2.05 bits per heavy atom. The van der Waals surface area contributed by atoms with E-state index in [1.165, 1.54) is 12.1 Å². The van der Waals surface area contributed by atoms with E-state index in [1.54, 1.807) is 16.7 Å². The molecular formula is C14H15F3N2S. The molecule has 1 saturated heterocycles. The van der Waals surface area contributed by atoms with E-state index in [4.69, 9.17) is 5.26 Å². The Hall–Kier alpha value is -1.35. The lowest BCUT2D eigenvalue weighted by Gasteiger charge is -2.39. The molecule has 0 amide bonds. The van der Waals surface area contributed by atoms with Gasteiger partial charge < -0.3 is 4.90 Å². The monoisotopic (exact) mass is 300 g/mol. The van der Waals surface area contributed by atoms with Crippen molar-refractivity contribution in [1.29, 1.82) is 5.26 Å². The molecule has 0 atom stereocenters. The largest absolute Gasteiger partial charge is 0.418 e. The van der Waals surface area contributed by atoms with Crippen molar-refractivity contribution in [3.05, 3.63) is 29.3 Å². The molecule has 2 nitrogen and oxygen atoms in total. The molecule has 0 bridgehead atoms. The number of nitriles is 1. The molecular weight excluding hydrogens is 285 g/mol. The van der Waals surface area contributed by atoms with Gasteiger partial charge in [-0.2, -0.15) is 30.2 Å². The average molecular weight is 300 g/mol. The Morgan fingerprint density at radius 3 is 2.60 bits per heavy atom. The molecule has 20 heavy (non-hydrogen) atoms. The van der Waals surface area contributed by atoms with Gasteiger partial charge in [-0.05, 0) is 32.0 Å². The van der Waals surface area contributed by atoms with E-state index in [0.717, 1.165) is 11.8 Å². The SMILES string of the molecule is CC1(C)CN(c2cc(C#N)ccc2C(F)(F)F)CCS1. The summed E-state index contributed by atoms with van der Waals surface area (Å²) in [4.78, 5) is 1.74. The highest BCUT2D eigenvalue weighted by Crippen LogP contribution is 2.40. The summed E-state index contributed by atoms with van der Waals surface area (Å²) < 4.78 is 39.3. The topological polar surface area (TPSA) is 27.0 Å². The molecule has 1 aromatic rings. The molecule has 0 radical (unpaired) electrons. The van der Waals surface area contributed by atoms with Gasteiger partial charge in [0.2, 0.25) is 0 Å². The number of thioether (sulfide) groups is 1. The fourth-order valence-electron chi connectivity index (χ4n) is 2.32. The van der Waals surface area contributed by atoms with Crippen LogP contribution in [0.5, 0.6) is 0 Å². The van der Waals surface area contributed by atoms with E-state index in [1.807, 2.05) is 19.9 Å². The smallest absolute Gasteiger partial charge is 0.369 e. The minimum atomic E-state index is -4.40. The van der Waals surface area contributed by atoms with E-state index >= 15 is 0 Å². The van der Waals surface area contributed by atoms with Gasteiger partial charge in [0.25, 0.3) is 0 Å². The number of hydrogen-bond acceptors (Lipinski definition) is 3. The number of anilines is 1. The summed E-state index contributed by atoms with van der Waals surface area (Å²) in [5.74, 6) is 0.779. The zero-order valence-electron chi connectivity index (χ0n) is 11.3. The predicted molar refractivity (Wildman–Crippen MR) is 74.9 cm³/mol. The minimum Gasteiger partial charge on any atom is -0.369 e. The first-order valence-electron chi connectivity index (χ1n) is 6.23. The van der Waals surface area contributed by atoms with Crippen molar-refractivity contribution in [2.45, 2.75) is 24.8 Å². The molecule has 0 aliphatic carbocycles. The van der Waals surface area contributed by atoms with Crippen molar-refractivity contribution in [2.24, 2.45) is 0 Å². The summed E-state index contributed by atoms with van der Waals surface area (Å²) in [6.45, 7) is 5.14. The second-order valence-corrected chi connectivity index (χ2v) is 7.17. The molecule has 1 aliphatic rings. The molecule has 6 heteroatoms. The zero-order chi connectivity index (χ0) is 15.0. The molecule has 0 aromatic heterocycles. The van der Waals surface area contributed by atoms with Gasteiger partial charge in [0.15, 0.2) is 0 Å². The van der Waals surface area contributed by atoms with Crippen LogP contribution in [0.15, 0.2) is 18.2 Å². The van der Waals surface area contributed by atoms with Crippen LogP contribution in [0.1, 0.15) is 25.0 Å². The van der Waals surface area contributed by atoms with Gasteiger partial charge >= 0.3 is 6.18 Å². The maximum Gasteiger partial charge on any atom is 0.418 e. The van der Waals surface area contributed by atoms with Gasteiger partial charge in [-0.25, -0.2) is 0 Å². The lowest BCUT2D eigenvalue weighted by molar-refractivity contribution is -0.137. The van der Waals surface area contributed by atoms with Gasteiger partial charge in [-0.3, -0.25) is 0 Å². The predicted octanol–water partition coefficient (Wildman–Crippen LogP) is 3.91. The molecule has 1 aromatic carbocycles. The fraction of sp³-hybridized carbons (Fsp3) is 0.500. The van der Waals surface area contributed by atoms with Gasteiger partial charge in [0.1, 0.15) is 0 Å². The van der Waals surface area contributed by atoms with Gasteiger partial charge in [-0.1, -0.05) is 0 Å². The molecule has 1 heterocycles. The lowest BCUT2D eigenvalue weighted by Crippen LogP contribution is -2.43. The van der Waals surface area contributed by atoms with Crippen LogP contribution in [-0.4, -0.2) is 23.6 Å². The van der Waals surface area contributed by atoms with E-state index in [0.29, 0.717) is 13.1 Å². The van der Waals surface area contributed by atoms with Crippen LogP contribution >= 0.6 is 11.8 Å². The summed E-state index contributed by atoms with van der Waals surface area (Å²) >= 11 is 1.75. The van der Waals surface area contributed by atoms with Crippen LogP contribution in [0.4, 0.5) is 18.9 Å². The molecule has 0 N–H and O–H groups in total. The van der Waals surface area contributed by atoms with E-state index in [9.17, 15) is 13.2 Å². The first-order chi connectivity index (χ1) is 9.23. The highest BCUT2D eigenvalue weighted by atomic mass is 32.2. The maximum absolute atomic E-state index is 13.1. The van der Waals surface area contributed by atoms with Crippen LogP contribution in [0, 0.1) is 11.3 Å². The number of alkyl halides is 3. The molecule has 0 unspecified atom stereocenters. The summed E-state index contributed by atoms with van der Waals surface area (Å²) in [5.41, 5.74) is -0.298. The second kappa shape index (κ2) is 5.21. The van der Waals surface area contributed by atoms with Crippen LogP contribution in [0.2, 0.25) is 0 Å². The first-order valence-corrected chi connectivity index (χ1v) is 7.22. The van der Waals surface area contributed by atoms with Crippen molar-refractivity contribution in [1.82, 2.24) is 0 Å². The minimum absolute atomic E-state index is 0.0935. The summed E-state index contributed by atoms with van der Waals surface area (Å²) in [7, 11) is 0. The quantitative estimate of drug-likeness (QED) is 0.787. The highest BCUT2D eigenvalue weighted by Gasteiger charge is 2.37. The Labute approximate surface area is 120 Å². The molecule has 2 rings (SSSR count). The van der Waals surface area contributed by atoms with Crippen LogP contribution in [-0.2, 0) is 6.18 Å². The normalized spacial score (nSPS) is 18.7. The van der Waals surface area contributed by atoms with Crippen molar-refractivity contribution in [3.8, 4) is 6.07 Å². The number of rotatable bonds is 1. The number of benzene rings is 1. The van der Waals surface area contributed by atoms with Gasteiger partial charge in [0, 0.05) is 23.6 Å². The summed E-state index contributed by atoms with van der Waals surface area (Å²) in [6, 6.07) is 5.47. The molecule has 1 aliphatic heterocycles. The van der Waals surface area contributed by atoms with Crippen molar-refractivity contribution in [3.63, 3.8) is 0 Å². The summed E-state index contributed by atoms with van der Waals surface area (Å²) in [5, 5.41) is 8.90. The first kappa shape index (κ1) is 15.0. The molecule has 1 fully saturated rings. The van der Waals surface area contributed by atoms with Crippen LogP contribution < -0.4 is 4.90 Å². The fourth-order valence-corrected chi connectivity index (χ4v) is 3.44. The third kappa shape index (κ3) is 3.21. The van der Waals surface area contributed by atoms with E-state index < -0.39 is 11.7 Å². The van der Waals surface area contributed by atoms with Gasteiger partial charge in [0.05, 0.1) is 22.9 Å². The van der Waals surface area contributed by atoms with Crippen molar-refractivity contribution < 1.29 is 13.2 Å². The van der Waals surface area contributed by atoms with E-state index in [2.05, 4.69) is 0 Å². The van der Waals surface area contributed by atoms with Crippen molar-refractivity contribution in [2.75, 3.05) is 23.7 Å². The molecule has 108 valence electrons. The number of halogens is 3. The second-order valence-electron chi connectivity index (χ2n) is 5.37. The van der Waals surface area contributed by atoms with Gasteiger partial charge in [-0.15, -0.1) is 0 Å². The Morgan fingerprint density at radius 1 is 1.35 bits per heavy atom.